The van der Waals surface area contributed by atoms with Crippen LogP contribution in [0.3, 0.4) is 0 Å². The highest BCUT2D eigenvalue weighted by Gasteiger charge is 2.46. The molecule has 7 atom stereocenters. The molecule has 20 heteroatoms. The Labute approximate surface area is 403 Å². The Balaban J connectivity index is 1.82. The van der Waals surface area contributed by atoms with Gasteiger partial charge in [0.25, 0.3) is 0 Å². The second kappa shape index (κ2) is 36.6. The first-order valence-corrected chi connectivity index (χ1v) is 27.6. The number of phosphoric acid groups is 2. The Morgan fingerprint density at radius 2 is 1.24 bits per heavy atom. The van der Waals surface area contributed by atoms with Crippen molar-refractivity contribution < 1.29 is 66.3 Å². The van der Waals surface area contributed by atoms with Crippen LogP contribution in [0.25, 0.3) is 0 Å². The molecule has 2 heterocycles. The van der Waals surface area contributed by atoms with Crippen molar-refractivity contribution in [2.45, 2.75) is 199 Å². The van der Waals surface area contributed by atoms with Crippen LogP contribution in [0.4, 0.5) is 5.82 Å². The Hall–Kier alpha value is -3.28. The highest BCUT2D eigenvalue weighted by Crippen LogP contribution is 2.60. The van der Waals surface area contributed by atoms with Crippen molar-refractivity contribution in [1.82, 2.24) is 9.55 Å². The molecule has 0 saturated carbocycles. The molecule has 0 aromatic carbocycles. The molecule has 388 valence electrons. The maximum atomic E-state index is 12.8. The lowest BCUT2D eigenvalue weighted by molar-refractivity contribution is -0.161. The molecule has 0 bridgehead atoms. The third kappa shape index (κ3) is 29.0. The Bertz CT molecular complexity index is 1820. The summed E-state index contributed by atoms with van der Waals surface area (Å²) in [7, 11) is -10.8. The van der Waals surface area contributed by atoms with Crippen LogP contribution in [0.5, 0.6) is 0 Å². The number of unbranched alkanes of at least 4 members (excludes halogenated alkanes) is 16. The summed E-state index contributed by atoms with van der Waals surface area (Å²) in [6, 6.07) is 1.25. The fourth-order valence-electron chi connectivity index (χ4n) is 7.13. The van der Waals surface area contributed by atoms with Gasteiger partial charge in [-0.2, -0.15) is 9.29 Å². The zero-order chi connectivity index (χ0) is 49.9. The van der Waals surface area contributed by atoms with Gasteiger partial charge in [0, 0.05) is 19.0 Å². The number of hydrogen-bond donors (Lipinski definition) is 5. The van der Waals surface area contributed by atoms with Crippen LogP contribution in [0.15, 0.2) is 65.7 Å². The number of ether oxygens (including phenoxy) is 3. The number of esters is 2. The van der Waals surface area contributed by atoms with E-state index < -0.39 is 83.7 Å². The lowest BCUT2D eigenvalue weighted by Crippen LogP contribution is -2.36. The van der Waals surface area contributed by atoms with Gasteiger partial charge in [-0.05, 0) is 57.4 Å². The van der Waals surface area contributed by atoms with Crippen LogP contribution < -0.4 is 11.4 Å². The number of nitrogens with zero attached hydrogens (tertiary/aromatic N) is 2. The molecule has 0 aliphatic carbocycles. The maximum Gasteiger partial charge on any atom is 0.481 e. The van der Waals surface area contributed by atoms with Crippen molar-refractivity contribution in [2.75, 3.05) is 25.6 Å². The predicted molar refractivity (Wildman–Crippen MR) is 261 cm³/mol. The standard InChI is InChI=1S/C48H81N3O15P2/c1-3-5-7-9-11-13-15-17-18-19-20-22-24-26-28-30-32-34-44(53)64-40(37-61-43(52)33-31-29-27-25-23-21-16-14-12-10-8-6-4-2)38-62-67(57,58)66-68(59,60)63-39-41-45(54)46(55)47(65-41)51-36-35-42(49)50-48(51)56/h5,7,11,13,17-18,20,22,35-36,40-41,45-47,54-55H,3-4,6,8-10,12,14-16,19,21,23-34,37-39H2,1-2H3,(H,57,58)(H,59,60)(H2,49,50,56). The first-order valence-electron chi connectivity index (χ1n) is 24.6. The van der Waals surface area contributed by atoms with Gasteiger partial charge in [-0.25, -0.2) is 13.9 Å². The second-order valence-electron chi connectivity index (χ2n) is 16.9. The maximum absolute atomic E-state index is 12.8. The van der Waals surface area contributed by atoms with Crippen molar-refractivity contribution >= 4 is 33.4 Å². The van der Waals surface area contributed by atoms with Crippen molar-refractivity contribution in [3.8, 4) is 0 Å². The highest BCUT2D eigenvalue weighted by atomic mass is 31.3. The van der Waals surface area contributed by atoms with E-state index in [1.807, 2.05) is 0 Å². The number of rotatable bonds is 40. The van der Waals surface area contributed by atoms with E-state index in [0.29, 0.717) is 12.8 Å². The summed E-state index contributed by atoms with van der Waals surface area (Å²) in [5.41, 5.74) is 4.58. The van der Waals surface area contributed by atoms with Gasteiger partial charge in [0.1, 0.15) is 30.7 Å². The minimum atomic E-state index is -5.43. The number of nitrogen functional groups attached to an aromatic ring is 1. The molecule has 0 amide bonds. The van der Waals surface area contributed by atoms with Crippen LogP contribution in [-0.2, 0) is 46.3 Å². The average molecular weight is 1000 g/mol. The number of aromatic nitrogens is 2. The van der Waals surface area contributed by atoms with Gasteiger partial charge in [0.05, 0.1) is 13.2 Å². The molecule has 1 aliphatic heterocycles. The van der Waals surface area contributed by atoms with E-state index in [-0.39, 0.29) is 18.7 Å². The SMILES string of the molecule is CCC=CCC=CCC=CCC=CCCCCCCC(=O)OC(COC(=O)CCCCCCCCCCCCCCC)COP(=O)(O)OP(=O)(O)OCC1OC(n2ccc(N)nc2=O)C(O)C1O. The van der Waals surface area contributed by atoms with Gasteiger partial charge in [0.15, 0.2) is 12.3 Å². The molecular weight excluding hydrogens is 920 g/mol. The average Bonchev–Trinajstić information content (AvgIpc) is 3.57. The Morgan fingerprint density at radius 1 is 0.721 bits per heavy atom. The summed E-state index contributed by atoms with van der Waals surface area (Å²) in [6.07, 6.45) is 33.4. The summed E-state index contributed by atoms with van der Waals surface area (Å²) in [5, 5.41) is 20.9. The van der Waals surface area contributed by atoms with E-state index in [9.17, 15) is 43.5 Å². The molecule has 0 radical (unpaired) electrons. The number of phosphoric ester groups is 2. The highest BCUT2D eigenvalue weighted by molar-refractivity contribution is 7.61. The van der Waals surface area contributed by atoms with Crippen molar-refractivity contribution in [1.29, 1.82) is 0 Å². The number of carbonyl (C=O) groups excluding carboxylic acids is 2. The van der Waals surface area contributed by atoms with Gasteiger partial charge >= 0.3 is 33.3 Å². The Kier molecular flexibility index (Phi) is 32.8. The molecule has 1 fully saturated rings. The summed E-state index contributed by atoms with van der Waals surface area (Å²) in [6.45, 7) is 2.01. The van der Waals surface area contributed by atoms with Crippen LogP contribution >= 0.6 is 15.6 Å². The van der Waals surface area contributed by atoms with E-state index in [2.05, 4.69) is 71.8 Å². The monoisotopic (exact) mass is 1000 g/mol. The third-order valence-corrected chi connectivity index (χ3v) is 13.5. The molecule has 6 N–H and O–H groups in total. The van der Waals surface area contributed by atoms with Crippen molar-refractivity contribution in [3.63, 3.8) is 0 Å². The van der Waals surface area contributed by atoms with E-state index in [1.54, 1.807) is 0 Å². The molecule has 2 rings (SSSR count). The quantitative estimate of drug-likeness (QED) is 0.0177. The topological polar surface area (TPSA) is 265 Å². The molecule has 0 spiro atoms. The minimum Gasteiger partial charge on any atom is -0.462 e. The first kappa shape index (κ1) is 60.8. The third-order valence-electron chi connectivity index (χ3n) is 10.9. The number of hydrogen-bond acceptors (Lipinski definition) is 15. The lowest BCUT2D eigenvalue weighted by Gasteiger charge is -2.21. The van der Waals surface area contributed by atoms with E-state index in [0.717, 1.165) is 87.8 Å². The van der Waals surface area contributed by atoms with Gasteiger partial charge in [-0.15, -0.1) is 0 Å². The molecule has 1 aromatic heterocycles. The summed E-state index contributed by atoms with van der Waals surface area (Å²) >= 11 is 0. The summed E-state index contributed by atoms with van der Waals surface area (Å²) in [5.74, 6) is -1.32. The van der Waals surface area contributed by atoms with Crippen LogP contribution in [-0.4, -0.2) is 85.7 Å². The summed E-state index contributed by atoms with van der Waals surface area (Å²) < 4.78 is 56.7. The number of anilines is 1. The van der Waals surface area contributed by atoms with Gasteiger partial charge in [-0.1, -0.05) is 152 Å². The van der Waals surface area contributed by atoms with E-state index in [1.165, 1.54) is 57.4 Å². The van der Waals surface area contributed by atoms with Gasteiger partial charge in [0.2, 0.25) is 0 Å². The second-order valence-corrected chi connectivity index (χ2v) is 20.0. The molecule has 1 aromatic rings. The minimum absolute atomic E-state index is 0.0223. The molecule has 7 unspecified atom stereocenters. The smallest absolute Gasteiger partial charge is 0.462 e. The lowest BCUT2D eigenvalue weighted by atomic mass is 10.0. The zero-order valence-corrected chi connectivity index (χ0v) is 42.2. The van der Waals surface area contributed by atoms with Crippen LogP contribution in [0.2, 0.25) is 0 Å². The van der Waals surface area contributed by atoms with E-state index in [4.69, 9.17) is 29.0 Å². The van der Waals surface area contributed by atoms with Crippen molar-refractivity contribution in [2.24, 2.45) is 0 Å². The molecule has 1 saturated heterocycles. The number of allylic oxidation sites excluding steroid dienone is 8. The zero-order valence-electron chi connectivity index (χ0n) is 40.4. The van der Waals surface area contributed by atoms with Crippen LogP contribution in [0.1, 0.15) is 174 Å². The van der Waals surface area contributed by atoms with Crippen molar-refractivity contribution in [3.05, 3.63) is 71.4 Å². The first-order chi connectivity index (χ1) is 32.7. The largest absolute Gasteiger partial charge is 0.481 e. The number of nitrogens with two attached hydrogens (primary N) is 1. The number of aliphatic hydroxyl groups is 2. The molecule has 68 heavy (non-hydrogen) atoms. The fraction of sp³-hybridized carbons (Fsp3) is 0.708. The van der Waals surface area contributed by atoms with Gasteiger partial charge in [-0.3, -0.25) is 23.2 Å². The molecular formula is C48H81N3O15P2. The number of carbonyl (C=O) groups is 2. The van der Waals surface area contributed by atoms with Gasteiger partial charge < -0.3 is 39.9 Å². The van der Waals surface area contributed by atoms with E-state index >= 15 is 0 Å². The fourth-order valence-corrected chi connectivity index (χ4v) is 9.24. The van der Waals surface area contributed by atoms with Crippen LogP contribution in [0, 0.1) is 0 Å². The summed E-state index contributed by atoms with van der Waals surface area (Å²) in [4.78, 5) is 61.8. The number of aliphatic hydroxyl groups excluding tert-OH is 2. The molecule has 18 nitrogen and oxygen atoms in total. The Morgan fingerprint density at radius 3 is 1.81 bits per heavy atom. The predicted octanol–water partition coefficient (Wildman–Crippen LogP) is 9.78. The molecule has 1 aliphatic rings. The normalized spacial score (nSPS) is 19.9.